The minimum absolute atomic E-state index is 0.0713. The Balaban J connectivity index is 1.66. The lowest BCUT2D eigenvalue weighted by Crippen LogP contribution is -2.37. The quantitative estimate of drug-likeness (QED) is 0.571. The molecule has 30 heavy (non-hydrogen) atoms. The third-order valence-electron chi connectivity index (χ3n) is 4.92. The monoisotopic (exact) mass is 405 g/mol. The highest BCUT2D eigenvalue weighted by atomic mass is 16.3. The van der Waals surface area contributed by atoms with Crippen LogP contribution in [0.15, 0.2) is 83.5 Å². The van der Waals surface area contributed by atoms with Crippen molar-refractivity contribution in [3.8, 4) is 0 Å². The molecule has 3 rings (SSSR count). The van der Waals surface area contributed by atoms with E-state index in [1.165, 1.54) is 0 Å². The molecule has 0 aliphatic rings. The first-order valence-electron chi connectivity index (χ1n) is 9.92. The maximum Gasteiger partial charge on any atom is 0.251 e. The van der Waals surface area contributed by atoms with Gasteiger partial charge < -0.3 is 15.1 Å². The predicted octanol–water partition coefficient (Wildman–Crippen LogP) is 3.56. The lowest BCUT2D eigenvalue weighted by Gasteiger charge is -2.24. The van der Waals surface area contributed by atoms with Gasteiger partial charge in [0.25, 0.3) is 5.91 Å². The van der Waals surface area contributed by atoms with Gasteiger partial charge in [-0.25, -0.2) is 0 Å². The van der Waals surface area contributed by atoms with E-state index in [1.54, 1.807) is 18.4 Å². The molecule has 0 aliphatic heterocycles. The second-order valence-electron chi connectivity index (χ2n) is 7.31. The Morgan fingerprint density at radius 1 is 0.933 bits per heavy atom. The predicted molar refractivity (Wildman–Crippen MR) is 116 cm³/mol. The van der Waals surface area contributed by atoms with Crippen molar-refractivity contribution in [2.24, 2.45) is 0 Å². The van der Waals surface area contributed by atoms with Crippen molar-refractivity contribution in [2.75, 3.05) is 20.6 Å². The number of furan rings is 1. The molecule has 1 heterocycles. The maximum absolute atomic E-state index is 12.7. The third kappa shape index (κ3) is 5.81. The second-order valence-corrected chi connectivity index (χ2v) is 7.31. The number of hydrogen-bond acceptors (Lipinski definition) is 4. The molecular formula is C24H27N3O3. The number of nitrogens with zero attached hydrogens (tertiary/aromatic N) is 1. The van der Waals surface area contributed by atoms with E-state index in [0.29, 0.717) is 12.1 Å². The fourth-order valence-corrected chi connectivity index (χ4v) is 3.26. The molecule has 0 aliphatic carbocycles. The Morgan fingerprint density at radius 3 is 2.20 bits per heavy atom. The summed E-state index contributed by atoms with van der Waals surface area (Å²) in [5.41, 5.74) is 1.44. The van der Waals surface area contributed by atoms with Gasteiger partial charge in [0.05, 0.1) is 24.8 Å². The van der Waals surface area contributed by atoms with E-state index in [-0.39, 0.29) is 24.3 Å². The highest BCUT2D eigenvalue weighted by molar-refractivity contribution is 5.94. The second kappa shape index (κ2) is 10.4. The van der Waals surface area contributed by atoms with Crippen LogP contribution in [0.4, 0.5) is 0 Å². The van der Waals surface area contributed by atoms with Gasteiger partial charge in [0.2, 0.25) is 5.91 Å². The number of carbonyl (C=O) groups excluding carboxylic acids is 2. The Kier molecular flexibility index (Phi) is 7.40. The number of benzene rings is 2. The normalized spacial score (nSPS) is 12.9. The number of hydrogen-bond donors (Lipinski definition) is 2. The molecule has 2 aromatic carbocycles. The summed E-state index contributed by atoms with van der Waals surface area (Å²) >= 11 is 0. The molecule has 0 radical (unpaired) electrons. The largest absolute Gasteiger partial charge is 0.468 e. The van der Waals surface area contributed by atoms with Crippen LogP contribution in [0, 0.1) is 0 Å². The molecule has 6 nitrogen and oxygen atoms in total. The Morgan fingerprint density at radius 2 is 1.60 bits per heavy atom. The van der Waals surface area contributed by atoms with Gasteiger partial charge in [-0.05, 0) is 43.9 Å². The summed E-state index contributed by atoms with van der Waals surface area (Å²) < 4.78 is 5.49. The molecule has 2 atom stereocenters. The van der Waals surface area contributed by atoms with Crippen LogP contribution >= 0.6 is 0 Å². The van der Waals surface area contributed by atoms with E-state index >= 15 is 0 Å². The topological polar surface area (TPSA) is 74.6 Å². The summed E-state index contributed by atoms with van der Waals surface area (Å²) in [5.74, 6) is 0.437. The van der Waals surface area contributed by atoms with Gasteiger partial charge in [-0.15, -0.1) is 0 Å². The van der Waals surface area contributed by atoms with E-state index in [0.717, 1.165) is 11.3 Å². The number of nitrogens with one attached hydrogen (secondary N) is 2. The lowest BCUT2D eigenvalue weighted by molar-refractivity contribution is -0.121. The molecule has 1 aromatic heterocycles. The molecule has 0 saturated heterocycles. The summed E-state index contributed by atoms with van der Waals surface area (Å²) in [6.45, 7) is 0.410. The van der Waals surface area contributed by atoms with Crippen LogP contribution in [-0.4, -0.2) is 37.4 Å². The van der Waals surface area contributed by atoms with Crippen molar-refractivity contribution >= 4 is 11.8 Å². The minimum Gasteiger partial charge on any atom is -0.468 e. The van der Waals surface area contributed by atoms with E-state index in [9.17, 15) is 9.59 Å². The van der Waals surface area contributed by atoms with Crippen LogP contribution in [0.25, 0.3) is 0 Å². The summed E-state index contributed by atoms with van der Waals surface area (Å²) in [7, 11) is 3.87. The number of likely N-dealkylation sites (N-methyl/N-ethyl adjacent to an activating group) is 1. The first-order valence-corrected chi connectivity index (χ1v) is 9.92. The highest BCUT2D eigenvalue weighted by Gasteiger charge is 2.22. The van der Waals surface area contributed by atoms with Crippen molar-refractivity contribution in [3.05, 3.63) is 95.9 Å². The van der Waals surface area contributed by atoms with E-state index in [1.807, 2.05) is 79.7 Å². The van der Waals surface area contributed by atoms with Gasteiger partial charge in [0.1, 0.15) is 5.76 Å². The molecule has 0 saturated carbocycles. The average molecular weight is 405 g/mol. The zero-order valence-electron chi connectivity index (χ0n) is 17.2. The Labute approximate surface area is 176 Å². The van der Waals surface area contributed by atoms with Gasteiger partial charge in [0.15, 0.2) is 0 Å². The fraction of sp³-hybridized carbons (Fsp3) is 0.250. The van der Waals surface area contributed by atoms with E-state index < -0.39 is 6.04 Å². The molecule has 2 amide bonds. The maximum atomic E-state index is 12.7. The first kappa shape index (κ1) is 21.3. The van der Waals surface area contributed by atoms with Crippen LogP contribution in [0.1, 0.15) is 40.2 Å². The number of amides is 2. The van der Waals surface area contributed by atoms with Crippen LogP contribution in [-0.2, 0) is 4.79 Å². The minimum atomic E-state index is -0.430. The van der Waals surface area contributed by atoms with Gasteiger partial charge in [-0.3, -0.25) is 14.5 Å². The van der Waals surface area contributed by atoms with E-state index in [2.05, 4.69) is 10.6 Å². The summed E-state index contributed by atoms with van der Waals surface area (Å²) in [6, 6.07) is 21.7. The van der Waals surface area contributed by atoms with Gasteiger partial charge in [0, 0.05) is 12.1 Å². The highest BCUT2D eigenvalue weighted by Crippen LogP contribution is 2.20. The molecule has 0 fully saturated rings. The van der Waals surface area contributed by atoms with Crippen LogP contribution in [0.3, 0.4) is 0 Å². The van der Waals surface area contributed by atoms with Crippen molar-refractivity contribution in [2.45, 2.75) is 18.5 Å². The molecule has 6 heteroatoms. The van der Waals surface area contributed by atoms with Gasteiger partial charge in [-0.1, -0.05) is 48.5 Å². The number of rotatable bonds is 9. The van der Waals surface area contributed by atoms with Crippen molar-refractivity contribution in [3.63, 3.8) is 0 Å². The molecule has 2 N–H and O–H groups in total. The van der Waals surface area contributed by atoms with Crippen LogP contribution in [0.2, 0.25) is 0 Å². The van der Waals surface area contributed by atoms with Crippen molar-refractivity contribution in [1.82, 2.24) is 15.5 Å². The Hall–Kier alpha value is -3.38. The van der Waals surface area contributed by atoms with Crippen molar-refractivity contribution in [1.29, 1.82) is 0 Å². The summed E-state index contributed by atoms with van der Waals surface area (Å²) in [6.07, 6.45) is 1.76. The van der Waals surface area contributed by atoms with Crippen molar-refractivity contribution < 1.29 is 14.0 Å². The average Bonchev–Trinajstić information content (AvgIpc) is 3.29. The van der Waals surface area contributed by atoms with E-state index in [4.69, 9.17) is 4.42 Å². The standard InChI is InChI=1S/C24H27N3O3/c1-27(2)21(22-14-9-15-30-22)17-25-23(28)16-20(18-10-5-3-6-11-18)26-24(29)19-12-7-4-8-13-19/h3-15,20-21H,16-17H2,1-2H3,(H,25,28)(H,26,29). The molecule has 3 aromatic rings. The first-order chi connectivity index (χ1) is 14.5. The molecule has 156 valence electrons. The molecule has 0 spiro atoms. The summed E-state index contributed by atoms with van der Waals surface area (Å²) in [4.78, 5) is 27.4. The Bertz CT molecular complexity index is 925. The van der Waals surface area contributed by atoms with Crippen LogP contribution < -0.4 is 10.6 Å². The summed E-state index contributed by atoms with van der Waals surface area (Å²) in [5, 5.41) is 5.96. The SMILES string of the molecule is CN(C)C(CNC(=O)CC(NC(=O)c1ccccc1)c1ccccc1)c1ccco1. The molecule has 0 bridgehead atoms. The zero-order valence-corrected chi connectivity index (χ0v) is 17.2. The zero-order chi connectivity index (χ0) is 21.3. The smallest absolute Gasteiger partial charge is 0.251 e. The van der Waals surface area contributed by atoms with Crippen LogP contribution in [0.5, 0.6) is 0 Å². The number of carbonyl (C=O) groups is 2. The molecule has 2 unspecified atom stereocenters. The van der Waals surface area contributed by atoms with Gasteiger partial charge >= 0.3 is 0 Å². The fourth-order valence-electron chi connectivity index (χ4n) is 3.26. The lowest BCUT2D eigenvalue weighted by atomic mass is 10.0. The van der Waals surface area contributed by atoms with Gasteiger partial charge in [-0.2, -0.15) is 0 Å². The third-order valence-corrected chi connectivity index (χ3v) is 4.92. The molecular weight excluding hydrogens is 378 g/mol.